The molecule has 1 amide bonds. The molecule has 0 saturated carbocycles. The predicted molar refractivity (Wildman–Crippen MR) is 95.2 cm³/mol. The highest BCUT2D eigenvalue weighted by Gasteiger charge is 2.24. The second-order valence-corrected chi connectivity index (χ2v) is 7.94. The van der Waals surface area contributed by atoms with Crippen molar-refractivity contribution >= 4 is 15.9 Å². The Bertz CT molecular complexity index is 843. The number of piperazine rings is 1. The van der Waals surface area contributed by atoms with Gasteiger partial charge < -0.3 is 9.42 Å². The molecule has 1 N–H and O–H groups in total. The van der Waals surface area contributed by atoms with Gasteiger partial charge in [-0.25, -0.2) is 13.1 Å². The van der Waals surface area contributed by atoms with Crippen molar-refractivity contribution in [3.8, 4) is 0 Å². The van der Waals surface area contributed by atoms with Crippen molar-refractivity contribution in [2.24, 2.45) is 0 Å². The van der Waals surface area contributed by atoms with Crippen molar-refractivity contribution in [1.82, 2.24) is 19.7 Å². The first kappa shape index (κ1) is 18.6. The largest absolute Gasteiger partial charge is 0.351 e. The number of aryl methyl sites for hydroxylation is 1. The number of hydrogen-bond donors (Lipinski definition) is 1. The zero-order valence-corrected chi connectivity index (χ0v) is 15.4. The third-order valence-corrected chi connectivity index (χ3v) is 5.75. The van der Waals surface area contributed by atoms with Crippen molar-refractivity contribution in [1.29, 1.82) is 0 Å². The van der Waals surface area contributed by atoms with Crippen LogP contribution in [0.25, 0.3) is 0 Å². The SMILES string of the molecule is Cc1cc(C(=O)N2CCN(CCNS(=O)(=O)c3ccccc3)CC2)on1. The van der Waals surface area contributed by atoms with Gasteiger partial charge in [0.15, 0.2) is 0 Å². The van der Waals surface area contributed by atoms with Crippen molar-refractivity contribution in [3.63, 3.8) is 0 Å². The number of nitrogens with zero attached hydrogens (tertiary/aromatic N) is 3. The predicted octanol–water partition coefficient (Wildman–Crippen LogP) is 0.719. The van der Waals surface area contributed by atoms with Gasteiger partial charge in [0.25, 0.3) is 5.91 Å². The van der Waals surface area contributed by atoms with Gasteiger partial charge in [-0.2, -0.15) is 0 Å². The van der Waals surface area contributed by atoms with E-state index >= 15 is 0 Å². The Morgan fingerprint density at radius 1 is 1.19 bits per heavy atom. The van der Waals surface area contributed by atoms with Crippen LogP contribution in [0.1, 0.15) is 16.2 Å². The van der Waals surface area contributed by atoms with Crippen molar-refractivity contribution in [3.05, 3.63) is 47.9 Å². The maximum atomic E-state index is 12.3. The van der Waals surface area contributed by atoms with Crippen LogP contribution in [0.15, 0.2) is 45.8 Å². The van der Waals surface area contributed by atoms with E-state index in [9.17, 15) is 13.2 Å². The van der Waals surface area contributed by atoms with Gasteiger partial charge in [0, 0.05) is 45.3 Å². The lowest BCUT2D eigenvalue weighted by atomic mass is 10.2. The molecule has 2 heterocycles. The number of benzene rings is 1. The van der Waals surface area contributed by atoms with Gasteiger partial charge in [0.05, 0.1) is 10.6 Å². The Kier molecular flexibility index (Phi) is 5.70. The smallest absolute Gasteiger partial charge is 0.292 e. The first-order chi connectivity index (χ1) is 12.5. The minimum absolute atomic E-state index is 0.157. The zero-order valence-electron chi connectivity index (χ0n) is 14.6. The number of nitrogens with one attached hydrogen (secondary N) is 1. The summed E-state index contributed by atoms with van der Waals surface area (Å²) >= 11 is 0. The molecule has 0 radical (unpaired) electrons. The minimum atomic E-state index is -3.48. The molecule has 3 rings (SSSR count). The molecule has 0 spiro atoms. The molecule has 140 valence electrons. The van der Waals surface area contributed by atoms with E-state index in [-0.39, 0.29) is 16.6 Å². The third-order valence-electron chi connectivity index (χ3n) is 4.27. The summed E-state index contributed by atoms with van der Waals surface area (Å²) in [4.78, 5) is 16.4. The summed E-state index contributed by atoms with van der Waals surface area (Å²) in [7, 11) is -3.48. The highest BCUT2D eigenvalue weighted by Crippen LogP contribution is 2.10. The molecule has 0 bridgehead atoms. The fourth-order valence-corrected chi connectivity index (χ4v) is 3.86. The van der Waals surface area contributed by atoms with Gasteiger partial charge in [0.1, 0.15) is 0 Å². The number of rotatable bonds is 6. The molecule has 26 heavy (non-hydrogen) atoms. The van der Waals surface area contributed by atoms with E-state index in [1.54, 1.807) is 48.2 Å². The summed E-state index contributed by atoms with van der Waals surface area (Å²) in [6.07, 6.45) is 0. The second-order valence-electron chi connectivity index (χ2n) is 6.18. The van der Waals surface area contributed by atoms with Gasteiger partial charge in [-0.3, -0.25) is 9.69 Å². The van der Waals surface area contributed by atoms with Gasteiger partial charge in [-0.1, -0.05) is 23.4 Å². The molecule has 0 unspecified atom stereocenters. The molecule has 8 nitrogen and oxygen atoms in total. The lowest BCUT2D eigenvalue weighted by molar-refractivity contribution is 0.0600. The van der Waals surface area contributed by atoms with Gasteiger partial charge >= 0.3 is 0 Å². The first-order valence-electron chi connectivity index (χ1n) is 8.45. The normalized spacial score (nSPS) is 16.0. The maximum absolute atomic E-state index is 12.3. The highest BCUT2D eigenvalue weighted by atomic mass is 32.2. The Balaban J connectivity index is 1.44. The fraction of sp³-hybridized carbons (Fsp3) is 0.412. The summed E-state index contributed by atoms with van der Waals surface area (Å²) in [6.45, 7) is 5.21. The van der Waals surface area contributed by atoms with Crippen LogP contribution in [-0.4, -0.2) is 68.5 Å². The zero-order chi connectivity index (χ0) is 18.6. The summed E-state index contributed by atoms with van der Waals surface area (Å²) < 4.78 is 32.0. The molecule has 1 aromatic heterocycles. The second kappa shape index (κ2) is 7.98. The standard InChI is InChI=1S/C17H22N4O4S/c1-14-13-16(25-19-14)17(22)21-11-9-20(10-12-21)8-7-18-26(23,24)15-5-3-2-4-6-15/h2-6,13,18H,7-12H2,1H3. The average molecular weight is 378 g/mol. The van der Waals surface area contributed by atoms with Crippen LogP contribution in [-0.2, 0) is 10.0 Å². The van der Waals surface area contributed by atoms with Crippen molar-refractivity contribution in [2.45, 2.75) is 11.8 Å². The van der Waals surface area contributed by atoms with E-state index in [0.29, 0.717) is 45.0 Å². The lowest BCUT2D eigenvalue weighted by Gasteiger charge is -2.34. The summed E-state index contributed by atoms with van der Waals surface area (Å²) in [5.41, 5.74) is 0.678. The van der Waals surface area contributed by atoms with Crippen molar-refractivity contribution in [2.75, 3.05) is 39.3 Å². The van der Waals surface area contributed by atoms with E-state index in [0.717, 1.165) is 0 Å². The molecule has 0 aliphatic carbocycles. The molecule has 2 aromatic rings. The molecular weight excluding hydrogens is 356 g/mol. The van der Waals surface area contributed by atoms with Crippen LogP contribution >= 0.6 is 0 Å². The molecular formula is C17H22N4O4S. The topological polar surface area (TPSA) is 95.8 Å². The van der Waals surface area contributed by atoms with Crippen LogP contribution in [0.3, 0.4) is 0 Å². The molecule has 1 aromatic carbocycles. The van der Waals surface area contributed by atoms with Crippen LogP contribution in [0.2, 0.25) is 0 Å². The number of aromatic nitrogens is 1. The van der Waals surface area contributed by atoms with Crippen LogP contribution in [0.5, 0.6) is 0 Å². The number of carbonyl (C=O) groups excluding carboxylic acids is 1. The Morgan fingerprint density at radius 3 is 2.50 bits per heavy atom. The number of carbonyl (C=O) groups is 1. The Morgan fingerprint density at radius 2 is 1.88 bits per heavy atom. The minimum Gasteiger partial charge on any atom is -0.351 e. The van der Waals surface area contributed by atoms with Gasteiger partial charge in [-0.15, -0.1) is 0 Å². The van der Waals surface area contributed by atoms with Crippen molar-refractivity contribution < 1.29 is 17.7 Å². The molecule has 1 fully saturated rings. The third kappa shape index (κ3) is 4.48. The molecule has 1 aliphatic heterocycles. The quantitative estimate of drug-likeness (QED) is 0.796. The van der Waals surface area contributed by atoms with E-state index in [4.69, 9.17) is 4.52 Å². The Labute approximate surface area is 152 Å². The summed E-state index contributed by atoms with van der Waals surface area (Å²) in [5, 5.41) is 3.74. The maximum Gasteiger partial charge on any atom is 0.292 e. The van der Waals surface area contributed by atoms with Gasteiger partial charge in [-0.05, 0) is 19.1 Å². The molecule has 1 aliphatic rings. The van der Waals surface area contributed by atoms with E-state index < -0.39 is 10.0 Å². The van der Waals surface area contributed by atoms with E-state index in [1.165, 1.54) is 0 Å². The van der Waals surface area contributed by atoms with Gasteiger partial charge in [0.2, 0.25) is 15.8 Å². The first-order valence-corrected chi connectivity index (χ1v) is 9.94. The highest BCUT2D eigenvalue weighted by molar-refractivity contribution is 7.89. The van der Waals surface area contributed by atoms with Crippen LogP contribution < -0.4 is 4.72 Å². The fourth-order valence-electron chi connectivity index (χ4n) is 2.82. The number of sulfonamides is 1. The lowest BCUT2D eigenvalue weighted by Crippen LogP contribution is -2.50. The summed E-state index contributed by atoms with van der Waals surface area (Å²) in [5.74, 6) is 0.0987. The number of amides is 1. The van der Waals surface area contributed by atoms with Crippen LogP contribution in [0.4, 0.5) is 0 Å². The molecule has 1 saturated heterocycles. The van der Waals surface area contributed by atoms with E-state index in [2.05, 4.69) is 14.8 Å². The Hall–Kier alpha value is -2.23. The average Bonchev–Trinajstić information content (AvgIpc) is 3.09. The molecule has 0 atom stereocenters. The molecule has 9 heteroatoms. The summed E-state index contributed by atoms with van der Waals surface area (Å²) in [6, 6.07) is 9.93. The number of hydrogen-bond acceptors (Lipinski definition) is 6. The van der Waals surface area contributed by atoms with E-state index in [1.807, 2.05) is 0 Å². The monoisotopic (exact) mass is 378 g/mol. The van der Waals surface area contributed by atoms with Crippen LogP contribution in [0, 0.1) is 6.92 Å².